The van der Waals surface area contributed by atoms with E-state index in [2.05, 4.69) is 5.32 Å². The van der Waals surface area contributed by atoms with Crippen molar-refractivity contribution in [2.75, 3.05) is 13.1 Å². The number of nitrogens with two attached hydrogens (primary N) is 1. The van der Waals surface area contributed by atoms with E-state index in [9.17, 15) is 19.2 Å². The minimum atomic E-state index is -0.846. The summed E-state index contributed by atoms with van der Waals surface area (Å²) in [5.41, 5.74) is 5.48. The predicted molar refractivity (Wildman–Crippen MR) is 95.7 cm³/mol. The van der Waals surface area contributed by atoms with Crippen LogP contribution < -0.4 is 11.1 Å². The highest BCUT2D eigenvalue weighted by molar-refractivity contribution is 5.93. The molecule has 0 bridgehead atoms. The topological polar surface area (TPSA) is 113 Å². The normalized spacial score (nSPS) is 26.3. The molecule has 0 radical (unpaired) electrons. The highest BCUT2D eigenvalue weighted by Crippen LogP contribution is 2.29. The molecule has 3 atom stereocenters. The molecule has 0 aromatic rings. The van der Waals surface area contributed by atoms with Gasteiger partial charge in [0.15, 0.2) is 0 Å². The highest BCUT2D eigenvalue weighted by Gasteiger charge is 2.44. The zero-order chi connectivity index (χ0) is 19.4. The molecule has 8 nitrogen and oxygen atoms in total. The Morgan fingerprint density at radius 2 is 1.92 bits per heavy atom. The quantitative estimate of drug-likeness (QED) is 0.713. The summed E-state index contributed by atoms with van der Waals surface area (Å²) >= 11 is 0. The maximum Gasteiger partial charge on any atom is 0.247 e. The van der Waals surface area contributed by atoms with E-state index in [-0.39, 0.29) is 42.6 Å². The van der Waals surface area contributed by atoms with Gasteiger partial charge in [-0.05, 0) is 25.2 Å². The second kappa shape index (κ2) is 8.51. The van der Waals surface area contributed by atoms with Crippen LogP contribution in [0.4, 0.5) is 0 Å². The van der Waals surface area contributed by atoms with Gasteiger partial charge in [-0.25, -0.2) is 0 Å². The van der Waals surface area contributed by atoms with Gasteiger partial charge in [-0.3, -0.25) is 19.2 Å². The molecule has 0 aromatic heterocycles. The molecule has 2 saturated heterocycles. The van der Waals surface area contributed by atoms with Gasteiger partial charge in [-0.1, -0.05) is 20.8 Å². The molecule has 2 aliphatic rings. The maximum atomic E-state index is 13.1. The number of carbonyl (C=O) groups is 4. The van der Waals surface area contributed by atoms with E-state index in [1.165, 1.54) is 0 Å². The van der Waals surface area contributed by atoms with Crippen molar-refractivity contribution in [2.24, 2.45) is 11.7 Å². The Labute approximate surface area is 154 Å². The third kappa shape index (κ3) is 4.53. The van der Waals surface area contributed by atoms with Gasteiger partial charge in [0.05, 0.1) is 0 Å². The summed E-state index contributed by atoms with van der Waals surface area (Å²) in [6, 6.07) is -1.61. The molecule has 2 rings (SSSR count). The molecular weight excluding hydrogens is 336 g/mol. The van der Waals surface area contributed by atoms with E-state index >= 15 is 0 Å². The minimum absolute atomic E-state index is 0.0126. The largest absolute Gasteiger partial charge is 0.368 e. The Kier molecular flexibility index (Phi) is 6.61. The lowest BCUT2D eigenvalue weighted by atomic mass is 10.0. The van der Waals surface area contributed by atoms with Gasteiger partial charge in [0.2, 0.25) is 23.6 Å². The van der Waals surface area contributed by atoms with Gasteiger partial charge >= 0.3 is 0 Å². The summed E-state index contributed by atoms with van der Waals surface area (Å²) in [5.74, 6) is -0.891. The summed E-state index contributed by atoms with van der Waals surface area (Å²) in [6.45, 7) is 6.28. The van der Waals surface area contributed by atoms with Gasteiger partial charge in [0.1, 0.15) is 12.1 Å². The lowest BCUT2D eigenvalue weighted by Crippen LogP contribution is -2.60. The average Bonchev–Trinajstić information content (AvgIpc) is 2.98. The van der Waals surface area contributed by atoms with E-state index in [1.807, 2.05) is 13.8 Å². The van der Waals surface area contributed by atoms with E-state index in [0.29, 0.717) is 32.2 Å². The van der Waals surface area contributed by atoms with E-state index < -0.39 is 18.0 Å². The van der Waals surface area contributed by atoms with Gasteiger partial charge in [-0.2, -0.15) is 0 Å². The van der Waals surface area contributed by atoms with Crippen LogP contribution in [0.3, 0.4) is 0 Å². The Morgan fingerprint density at radius 1 is 1.23 bits per heavy atom. The maximum absolute atomic E-state index is 13.1. The lowest BCUT2D eigenvalue weighted by Gasteiger charge is -2.38. The zero-order valence-corrected chi connectivity index (χ0v) is 15.9. The molecule has 4 amide bonds. The molecule has 26 heavy (non-hydrogen) atoms. The smallest absolute Gasteiger partial charge is 0.247 e. The Bertz CT molecular complexity index is 578. The first-order valence-electron chi connectivity index (χ1n) is 9.43. The van der Waals surface area contributed by atoms with E-state index in [1.54, 1.807) is 16.7 Å². The van der Waals surface area contributed by atoms with E-state index in [0.717, 1.165) is 0 Å². The molecule has 0 aromatic carbocycles. The van der Waals surface area contributed by atoms with Crippen molar-refractivity contribution in [1.29, 1.82) is 0 Å². The van der Waals surface area contributed by atoms with Crippen molar-refractivity contribution in [3.63, 3.8) is 0 Å². The third-order valence-electron chi connectivity index (χ3n) is 5.11. The fourth-order valence-electron chi connectivity index (χ4n) is 3.76. The first-order chi connectivity index (χ1) is 12.2. The van der Waals surface area contributed by atoms with Crippen molar-refractivity contribution >= 4 is 23.6 Å². The van der Waals surface area contributed by atoms with Gasteiger partial charge in [-0.15, -0.1) is 0 Å². The fraction of sp³-hybridized carbons (Fsp3) is 0.778. The predicted octanol–water partition coefficient (Wildman–Crippen LogP) is 0.00450. The van der Waals surface area contributed by atoms with Crippen molar-refractivity contribution < 1.29 is 19.2 Å². The van der Waals surface area contributed by atoms with Crippen LogP contribution in [0.5, 0.6) is 0 Å². The first-order valence-corrected chi connectivity index (χ1v) is 9.43. The number of rotatable bonds is 5. The molecule has 0 saturated carbocycles. The van der Waals surface area contributed by atoms with Crippen LogP contribution in [0.15, 0.2) is 0 Å². The number of primary amides is 1. The Hall–Kier alpha value is -2.12. The summed E-state index contributed by atoms with van der Waals surface area (Å²) in [5, 5.41) is 2.72. The minimum Gasteiger partial charge on any atom is -0.368 e. The van der Waals surface area contributed by atoms with Gasteiger partial charge < -0.3 is 20.9 Å². The van der Waals surface area contributed by atoms with Crippen LogP contribution in [0, 0.1) is 5.92 Å². The molecular formula is C18H30N4O4. The van der Waals surface area contributed by atoms with Crippen molar-refractivity contribution in [3.8, 4) is 0 Å². The van der Waals surface area contributed by atoms with Crippen LogP contribution in [-0.2, 0) is 19.2 Å². The summed E-state index contributed by atoms with van der Waals surface area (Å²) in [7, 11) is 0. The second-order valence-corrected chi connectivity index (χ2v) is 7.59. The summed E-state index contributed by atoms with van der Waals surface area (Å²) < 4.78 is 0. The monoisotopic (exact) mass is 366 g/mol. The van der Waals surface area contributed by atoms with E-state index in [4.69, 9.17) is 5.73 Å². The van der Waals surface area contributed by atoms with Crippen molar-refractivity contribution in [1.82, 2.24) is 15.1 Å². The number of carbonyl (C=O) groups excluding carboxylic acids is 4. The fourth-order valence-corrected chi connectivity index (χ4v) is 3.76. The van der Waals surface area contributed by atoms with Crippen molar-refractivity contribution in [3.05, 3.63) is 0 Å². The second-order valence-electron chi connectivity index (χ2n) is 7.59. The van der Waals surface area contributed by atoms with Gasteiger partial charge in [0.25, 0.3) is 0 Å². The molecule has 2 unspecified atom stereocenters. The highest BCUT2D eigenvalue weighted by atomic mass is 16.2. The van der Waals surface area contributed by atoms with Crippen LogP contribution in [0.25, 0.3) is 0 Å². The van der Waals surface area contributed by atoms with Gasteiger partial charge in [0, 0.05) is 32.0 Å². The molecule has 3 N–H and O–H groups in total. The molecule has 2 aliphatic heterocycles. The number of nitrogens with zero attached hydrogens (tertiary/aromatic N) is 2. The number of hydrogen-bond acceptors (Lipinski definition) is 4. The Balaban J connectivity index is 2.26. The van der Waals surface area contributed by atoms with Crippen LogP contribution in [0.1, 0.15) is 52.9 Å². The SMILES string of the molecule is CCC(=O)NC1CN(C(=O)CC(C)C)CC[C@H]2CCC(C(N)=O)N2C1=O. The number of nitrogens with one attached hydrogen (secondary N) is 1. The first kappa shape index (κ1) is 20.2. The lowest BCUT2D eigenvalue weighted by molar-refractivity contribution is -0.146. The summed E-state index contributed by atoms with van der Waals surface area (Å²) in [6.07, 6.45) is 2.47. The number of hydrogen-bond donors (Lipinski definition) is 2. The molecule has 2 fully saturated rings. The standard InChI is InChI=1S/C18H30N4O4/c1-4-15(23)20-13-10-21(16(24)9-11(2)3)8-7-12-5-6-14(17(19)25)22(12)18(13)26/h11-14H,4-10H2,1-3H3,(H2,19,25)(H,20,23)/t12-,13?,14?/m1/s1. The molecule has 0 spiro atoms. The average molecular weight is 366 g/mol. The molecule has 146 valence electrons. The number of fused-ring (bicyclic) bond motifs is 1. The van der Waals surface area contributed by atoms with Crippen LogP contribution in [0.2, 0.25) is 0 Å². The van der Waals surface area contributed by atoms with Crippen LogP contribution >= 0.6 is 0 Å². The molecule has 0 aliphatic carbocycles. The van der Waals surface area contributed by atoms with Crippen molar-refractivity contribution in [2.45, 2.75) is 71.0 Å². The zero-order valence-electron chi connectivity index (χ0n) is 15.9. The van der Waals surface area contributed by atoms with Crippen LogP contribution in [-0.4, -0.2) is 64.6 Å². The summed E-state index contributed by atoms with van der Waals surface area (Å²) in [4.78, 5) is 52.5. The Morgan fingerprint density at radius 3 is 2.50 bits per heavy atom. The molecule has 8 heteroatoms. The number of amides is 4. The molecule has 2 heterocycles. The third-order valence-corrected chi connectivity index (χ3v) is 5.11.